The molecule has 0 bridgehead atoms. The average Bonchev–Trinajstić information content (AvgIpc) is 3.09. The lowest BCUT2D eigenvalue weighted by Gasteiger charge is -2.34. The molecule has 27 heavy (non-hydrogen) atoms. The minimum absolute atomic E-state index is 0.231. The third-order valence-electron chi connectivity index (χ3n) is 5.35. The molecule has 2 heterocycles. The second kappa shape index (κ2) is 7.31. The molecule has 0 unspecified atom stereocenters. The maximum Gasteiger partial charge on any atom is 0.227 e. The molecule has 1 aliphatic heterocycles. The Kier molecular flexibility index (Phi) is 4.87. The molecule has 140 valence electrons. The first-order chi connectivity index (χ1) is 13.0. The van der Waals surface area contributed by atoms with Crippen molar-refractivity contribution in [3.05, 3.63) is 58.7 Å². The van der Waals surface area contributed by atoms with Gasteiger partial charge in [-0.3, -0.25) is 4.79 Å². The van der Waals surface area contributed by atoms with E-state index in [-0.39, 0.29) is 5.91 Å². The van der Waals surface area contributed by atoms with Crippen molar-refractivity contribution in [2.24, 2.45) is 0 Å². The van der Waals surface area contributed by atoms with Gasteiger partial charge in [-0.15, -0.1) is 0 Å². The Hall–Kier alpha value is -2.40. The Morgan fingerprint density at radius 3 is 2.37 bits per heavy atom. The topological polar surface area (TPSA) is 36.4 Å². The van der Waals surface area contributed by atoms with Crippen LogP contribution in [0.3, 0.4) is 0 Å². The third kappa shape index (κ3) is 3.69. The van der Waals surface area contributed by atoms with E-state index in [0.717, 1.165) is 36.8 Å². The summed E-state index contributed by atoms with van der Waals surface area (Å²) in [6, 6.07) is 12.6. The van der Waals surface area contributed by atoms with Crippen LogP contribution < -0.4 is 4.90 Å². The quantitative estimate of drug-likeness (QED) is 0.687. The first-order valence-electron chi connectivity index (χ1n) is 9.46. The highest BCUT2D eigenvalue weighted by Gasteiger charge is 2.23. The standard InChI is InChI=1S/C22H25N3OS/c1-15-12-16(2)18(17(3)13-15)14-21(26)24-8-10-25(11-9-24)22-23-19-6-4-5-7-20(19)27-22/h4-7,12-13H,8-11,14H2,1-3H3. The number of para-hydroxylation sites is 1. The number of aromatic nitrogens is 1. The van der Waals surface area contributed by atoms with Crippen molar-refractivity contribution >= 4 is 32.6 Å². The first kappa shape index (κ1) is 18.0. The van der Waals surface area contributed by atoms with Gasteiger partial charge in [0, 0.05) is 26.2 Å². The van der Waals surface area contributed by atoms with Gasteiger partial charge in [-0.25, -0.2) is 4.98 Å². The number of carbonyl (C=O) groups is 1. The smallest absolute Gasteiger partial charge is 0.227 e. The summed E-state index contributed by atoms with van der Waals surface area (Å²) >= 11 is 1.73. The number of fused-ring (bicyclic) bond motifs is 1. The Balaban J connectivity index is 1.41. The molecule has 0 atom stereocenters. The number of rotatable bonds is 3. The normalized spacial score (nSPS) is 14.8. The Labute approximate surface area is 164 Å². The monoisotopic (exact) mass is 379 g/mol. The van der Waals surface area contributed by atoms with Crippen LogP contribution in [0.2, 0.25) is 0 Å². The van der Waals surface area contributed by atoms with E-state index in [9.17, 15) is 4.79 Å². The van der Waals surface area contributed by atoms with Crippen LogP contribution in [0.1, 0.15) is 22.3 Å². The van der Waals surface area contributed by atoms with E-state index in [0.29, 0.717) is 6.42 Å². The predicted molar refractivity (Wildman–Crippen MR) is 113 cm³/mol. The highest BCUT2D eigenvalue weighted by molar-refractivity contribution is 7.22. The van der Waals surface area contributed by atoms with Gasteiger partial charge in [0.05, 0.1) is 16.6 Å². The highest BCUT2D eigenvalue weighted by atomic mass is 32.1. The fourth-order valence-corrected chi connectivity index (χ4v) is 4.91. The maximum absolute atomic E-state index is 12.8. The summed E-state index contributed by atoms with van der Waals surface area (Å²) in [5.41, 5.74) is 5.93. The number of hydrogen-bond donors (Lipinski definition) is 0. The van der Waals surface area contributed by atoms with Crippen LogP contribution in [0.25, 0.3) is 10.2 Å². The molecule has 2 aromatic carbocycles. The molecule has 5 heteroatoms. The van der Waals surface area contributed by atoms with Crippen LogP contribution in [0, 0.1) is 20.8 Å². The van der Waals surface area contributed by atoms with E-state index < -0.39 is 0 Å². The maximum atomic E-state index is 12.8. The molecule has 1 aromatic heterocycles. The molecule has 4 rings (SSSR count). The second-order valence-electron chi connectivity index (χ2n) is 7.39. The summed E-state index contributed by atoms with van der Waals surface area (Å²) in [6.45, 7) is 9.53. The minimum atomic E-state index is 0.231. The fraction of sp³-hybridized carbons (Fsp3) is 0.364. The Morgan fingerprint density at radius 2 is 1.70 bits per heavy atom. The van der Waals surface area contributed by atoms with Gasteiger partial charge in [0.2, 0.25) is 5.91 Å². The molecule has 0 aliphatic carbocycles. The number of anilines is 1. The number of piperazine rings is 1. The molecule has 1 saturated heterocycles. The predicted octanol–water partition coefficient (Wildman–Crippen LogP) is 4.11. The van der Waals surface area contributed by atoms with E-state index >= 15 is 0 Å². The van der Waals surface area contributed by atoms with Gasteiger partial charge in [0.15, 0.2) is 5.13 Å². The van der Waals surface area contributed by atoms with Gasteiger partial charge in [-0.2, -0.15) is 0 Å². The average molecular weight is 380 g/mol. The van der Waals surface area contributed by atoms with Gasteiger partial charge >= 0.3 is 0 Å². The van der Waals surface area contributed by atoms with Crippen LogP contribution in [0.4, 0.5) is 5.13 Å². The lowest BCUT2D eigenvalue weighted by atomic mass is 9.97. The van der Waals surface area contributed by atoms with Crippen molar-refractivity contribution in [3.63, 3.8) is 0 Å². The Morgan fingerprint density at radius 1 is 1.04 bits per heavy atom. The molecule has 0 N–H and O–H groups in total. The van der Waals surface area contributed by atoms with Crippen LogP contribution in [-0.4, -0.2) is 42.0 Å². The number of nitrogens with zero attached hydrogens (tertiary/aromatic N) is 3. The molecule has 0 saturated carbocycles. The van der Waals surface area contributed by atoms with Gasteiger partial charge in [-0.1, -0.05) is 41.2 Å². The van der Waals surface area contributed by atoms with Crippen molar-refractivity contribution in [3.8, 4) is 0 Å². The third-order valence-corrected chi connectivity index (χ3v) is 6.45. The molecule has 3 aromatic rings. The molecular weight excluding hydrogens is 354 g/mol. The largest absolute Gasteiger partial charge is 0.345 e. The van der Waals surface area contributed by atoms with Crippen LogP contribution >= 0.6 is 11.3 Å². The van der Waals surface area contributed by atoms with E-state index in [4.69, 9.17) is 4.98 Å². The summed E-state index contributed by atoms with van der Waals surface area (Å²) in [5, 5.41) is 1.06. The molecule has 1 aliphatic rings. The van der Waals surface area contributed by atoms with Crippen LogP contribution in [0.15, 0.2) is 36.4 Å². The zero-order chi connectivity index (χ0) is 19.0. The lowest BCUT2D eigenvalue weighted by molar-refractivity contribution is -0.130. The van der Waals surface area contributed by atoms with E-state index in [1.165, 1.54) is 27.0 Å². The van der Waals surface area contributed by atoms with Gasteiger partial charge in [-0.05, 0) is 49.6 Å². The molecule has 0 radical (unpaired) electrons. The van der Waals surface area contributed by atoms with Gasteiger partial charge in [0.1, 0.15) is 0 Å². The minimum Gasteiger partial charge on any atom is -0.345 e. The summed E-state index contributed by atoms with van der Waals surface area (Å²) in [7, 11) is 0. The number of hydrogen-bond acceptors (Lipinski definition) is 4. The van der Waals surface area contributed by atoms with Crippen LogP contribution in [-0.2, 0) is 11.2 Å². The van der Waals surface area contributed by atoms with Crippen molar-refractivity contribution in [2.45, 2.75) is 27.2 Å². The Bertz CT molecular complexity index is 930. The second-order valence-corrected chi connectivity index (χ2v) is 8.40. The zero-order valence-corrected chi connectivity index (χ0v) is 17.0. The fourth-order valence-electron chi connectivity index (χ4n) is 3.89. The van der Waals surface area contributed by atoms with Crippen molar-refractivity contribution in [1.82, 2.24) is 9.88 Å². The van der Waals surface area contributed by atoms with Crippen molar-refractivity contribution in [2.75, 3.05) is 31.1 Å². The number of carbonyl (C=O) groups excluding carboxylic acids is 1. The van der Waals surface area contributed by atoms with Gasteiger partial charge < -0.3 is 9.80 Å². The summed E-state index contributed by atoms with van der Waals surface area (Å²) < 4.78 is 1.22. The summed E-state index contributed by atoms with van der Waals surface area (Å²) in [4.78, 5) is 21.9. The summed E-state index contributed by atoms with van der Waals surface area (Å²) in [5.74, 6) is 0.231. The van der Waals surface area contributed by atoms with E-state index in [1.807, 2.05) is 11.0 Å². The molecule has 1 fully saturated rings. The number of thiazole rings is 1. The SMILES string of the molecule is Cc1cc(C)c(CC(=O)N2CCN(c3nc4ccccc4s3)CC2)c(C)c1. The van der Waals surface area contributed by atoms with E-state index in [2.05, 4.69) is 56.0 Å². The molecule has 1 amide bonds. The highest BCUT2D eigenvalue weighted by Crippen LogP contribution is 2.29. The first-order valence-corrected chi connectivity index (χ1v) is 10.3. The van der Waals surface area contributed by atoms with Crippen molar-refractivity contribution < 1.29 is 4.79 Å². The zero-order valence-electron chi connectivity index (χ0n) is 16.2. The van der Waals surface area contributed by atoms with E-state index in [1.54, 1.807) is 11.3 Å². The van der Waals surface area contributed by atoms with Crippen molar-refractivity contribution in [1.29, 1.82) is 0 Å². The van der Waals surface area contributed by atoms with Crippen LogP contribution in [0.5, 0.6) is 0 Å². The lowest BCUT2D eigenvalue weighted by Crippen LogP contribution is -2.49. The number of amides is 1. The molecule has 4 nitrogen and oxygen atoms in total. The molecule has 0 spiro atoms. The number of aryl methyl sites for hydroxylation is 3. The number of benzene rings is 2. The molecular formula is C22H25N3OS. The summed E-state index contributed by atoms with van der Waals surface area (Å²) in [6.07, 6.45) is 0.499. The van der Waals surface area contributed by atoms with Gasteiger partial charge in [0.25, 0.3) is 0 Å².